The summed E-state index contributed by atoms with van der Waals surface area (Å²) in [6, 6.07) is 0. The SMILES string of the molecule is CCOC(=O)Cn1cnc2sc(C)c(Br)c2c1=O. The molecule has 2 rings (SSSR count). The summed E-state index contributed by atoms with van der Waals surface area (Å²) >= 11 is 4.82. The summed E-state index contributed by atoms with van der Waals surface area (Å²) in [5, 5.41) is 0.518. The van der Waals surface area contributed by atoms with Crippen molar-refractivity contribution < 1.29 is 9.53 Å². The number of nitrogens with zero attached hydrogens (tertiary/aromatic N) is 2. The minimum atomic E-state index is -0.441. The standard InChI is InChI=1S/C11H11BrN2O3S/c1-3-17-7(15)4-14-5-13-10-8(11(14)16)9(12)6(2)18-10/h5H,3-4H2,1-2H3. The second-order valence-corrected chi connectivity index (χ2v) is 5.63. The lowest BCUT2D eigenvalue weighted by Crippen LogP contribution is -2.25. The Morgan fingerprint density at radius 3 is 3.00 bits per heavy atom. The molecule has 0 amide bonds. The Kier molecular flexibility index (Phi) is 3.82. The maximum Gasteiger partial charge on any atom is 0.326 e. The molecule has 0 fully saturated rings. The fourth-order valence-corrected chi connectivity index (χ4v) is 3.17. The second-order valence-electron chi connectivity index (χ2n) is 3.64. The van der Waals surface area contributed by atoms with E-state index in [4.69, 9.17) is 4.74 Å². The Balaban J connectivity index is 2.48. The molecule has 0 saturated heterocycles. The molecule has 2 heterocycles. The molecule has 0 aromatic carbocycles. The molecule has 5 nitrogen and oxygen atoms in total. The van der Waals surface area contributed by atoms with Crippen molar-refractivity contribution in [1.29, 1.82) is 0 Å². The van der Waals surface area contributed by atoms with Gasteiger partial charge in [0.2, 0.25) is 0 Å². The number of rotatable bonds is 3. The van der Waals surface area contributed by atoms with Crippen molar-refractivity contribution in [2.75, 3.05) is 6.61 Å². The zero-order valence-corrected chi connectivity index (χ0v) is 12.3. The molecular weight excluding hydrogens is 320 g/mol. The summed E-state index contributed by atoms with van der Waals surface area (Å²) in [4.78, 5) is 29.4. The largest absolute Gasteiger partial charge is 0.465 e. The lowest BCUT2D eigenvalue weighted by Gasteiger charge is -2.04. The molecule has 0 aliphatic carbocycles. The first-order valence-electron chi connectivity index (χ1n) is 5.34. The first-order chi connectivity index (χ1) is 8.54. The molecule has 0 saturated carbocycles. The molecule has 0 aliphatic rings. The van der Waals surface area contributed by atoms with Gasteiger partial charge in [-0.05, 0) is 29.8 Å². The molecule has 18 heavy (non-hydrogen) atoms. The topological polar surface area (TPSA) is 61.2 Å². The van der Waals surface area contributed by atoms with Crippen LogP contribution in [-0.4, -0.2) is 22.1 Å². The minimum Gasteiger partial charge on any atom is -0.465 e. The Hall–Kier alpha value is -1.21. The van der Waals surface area contributed by atoms with Crippen molar-refractivity contribution in [2.24, 2.45) is 0 Å². The van der Waals surface area contributed by atoms with Crippen molar-refractivity contribution in [2.45, 2.75) is 20.4 Å². The first-order valence-corrected chi connectivity index (χ1v) is 6.95. The fraction of sp³-hybridized carbons (Fsp3) is 0.364. The van der Waals surface area contributed by atoms with Gasteiger partial charge in [0.1, 0.15) is 11.4 Å². The highest BCUT2D eigenvalue weighted by molar-refractivity contribution is 9.10. The van der Waals surface area contributed by atoms with Gasteiger partial charge in [0.25, 0.3) is 5.56 Å². The van der Waals surface area contributed by atoms with Crippen LogP contribution in [0.15, 0.2) is 15.6 Å². The number of hydrogen-bond donors (Lipinski definition) is 0. The van der Waals surface area contributed by atoms with Gasteiger partial charge < -0.3 is 4.74 Å². The number of hydrogen-bond acceptors (Lipinski definition) is 5. The van der Waals surface area contributed by atoms with Crippen molar-refractivity contribution in [1.82, 2.24) is 9.55 Å². The number of ether oxygens (including phenoxy) is 1. The highest BCUT2D eigenvalue weighted by Gasteiger charge is 2.14. The zero-order chi connectivity index (χ0) is 13.3. The molecule has 96 valence electrons. The van der Waals surface area contributed by atoms with E-state index < -0.39 is 5.97 Å². The van der Waals surface area contributed by atoms with Gasteiger partial charge in [-0.3, -0.25) is 14.2 Å². The van der Waals surface area contributed by atoms with E-state index in [1.54, 1.807) is 6.92 Å². The number of carbonyl (C=O) groups excluding carboxylic acids is 1. The van der Waals surface area contributed by atoms with Crippen LogP contribution in [-0.2, 0) is 16.1 Å². The lowest BCUT2D eigenvalue weighted by atomic mass is 10.3. The summed E-state index contributed by atoms with van der Waals surface area (Å²) in [7, 11) is 0. The fourth-order valence-electron chi connectivity index (χ4n) is 1.56. The van der Waals surface area contributed by atoms with Gasteiger partial charge in [-0.25, -0.2) is 4.98 Å². The van der Waals surface area contributed by atoms with Gasteiger partial charge in [-0.1, -0.05) is 0 Å². The van der Waals surface area contributed by atoms with E-state index in [0.717, 1.165) is 9.35 Å². The van der Waals surface area contributed by atoms with Gasteiger partial charge in [0.05, 0.1) is 18.3 Å². The van der Waals surface area contributed by atoms with Crippen molar-refractivity contribution in [3.05, 3.63) is 26.0 Å². The van der Waals surface area contributed by atoms with E-state index in [0.29, 0.717) is 16.8 Å². The quantitative estimate of drug-likeness (QED) is 0.808. The van der Waals surface area contributed by atoms with Crippen LogP contribution in [0, 0.1) is 6.92 Å². The van der Waals surface area contributed by atoms with Gasteiger partial charge in [-0.2, -0.15) is 0 Å². The van der Waals surface area contributed by atoms with E-state index in [1.807, 2.05) is 6.92 Å². The second kappa shape index (κ2) is 5.19. The van der Waals surface area contributed by atoms with E-state index >= 15 is 0 Å². The number of halogens is 1. The third-order valence-corrected chi connectivity index (χ3v) is 4.65. The molecule has 0 atom stereocenters. The summed E-state index contributed by atoms with van der Waals surface area (Å²) in [5.41, 5.74) is -0.232. The van der Waals surface area contributed by atoms with E-state index in [-0.39, 0.29) is 12.1 Å². The van der Waals surface area contributed by atoms with Crippen molar-refractivity contribution in [3.8, 4) is 0 Å². The summed E-state index contributed by atoms with van der Waals surface area (Å²) in [5.74, 6) is -0.441. The zero-order valence-electron chi connectivity index (χ0n) is 9.90. The Bertz CT molecular complexity index is 662. The number of esters is 1. The average Bonchev–Trinajstić information content (AvgIpc) is 2.60. The number of thiophene rings is 1. The van der Waals surface area contributed by atoms with Crippen LogP contribution in [0.4, 0.5) is 0 Å². The molecule has 7 heteroatoms. The highest BCUT2D eigenvalue weighted by Crippen LogP contribution is 2.30. The maximum absolute atomic E-state index is 12.2. The first kappa shape index (κ1) is 13.2. The number of fused-ring (bicyclic) bond motifs is 1. The van der Waals surface area contributed by atoms with Gasteiger partial charge in [-0.15, -0.1) is 11.3 Å². The molecule has 0 unspecified atom stereocenters. The van der Waals surface area contributed by atoms with Gasteiger partial charge >= 0.3 is 5.97 Å². The summed E-state index contributed by atoms with van der Waals surface area (Å²) in [6.07, 6.45) is 1.38. The van der Waals surface area contributed by atoms with Crippen LogP contribution in [0.1, 0.15) is 11.8 Å². The maximum atomic E-state index is 12.2. The molecule has 0 spiro atoms. The predicted molar refractivity (Wildman–Crippen MR) is 73.0 cm³/mol. The van der Waals surface area contributed by atoms with Crippen LogP contribution < -0.4 is 5.56 Å². The lowest BCUT2D eigenvalue weighted by molar-refractivity contribution is -0.143. The highest BCUT2D eigenvalue weighted by atomic mass is 79.9. The normalized spacial score (nSPS) is 10.8. The van der Waals surface area contributed by atoms with E-state index in [9.17, 15) is 9.59 Å². The molecule has 0 aliphatic heterocycles. The van der Waals surface area contributed by atoms with Crippen LogP contribution in [0.3, 0.4) is 0 Å². The third-order valence-electron chi connectivity index (χ3n) is 2.39. The Labute approximate surface area is 116 Å². The Morgan fingerprint density at radius 2 is 2.33 bits per heavy atom. The number of aromatic nitrogens is 2. The van der Waals surface area contributed by atoms with E-state index in [1.165, 1.54) is 22.2 Å². The van der Waals surface area contributed by atoms with Crippen LogP contribution in [0.5, 0.6) is 0 Å². The summed E-state index contributed by atoms with van der Waals surface area (Å²) in [6.45, 7) is 3.81. The predicted octanol–water partition coefficient (Wildman–Crippen LogP) is 2.09. The Morgan fingerprint density at radius 1 is 1.61 bits per heavy atom. The van der Waals surface area contributed by atoms with Gasteiger partial charge in [0, 0.05) is 9.35 Å². The minimum absolute atomic E-state index is 0.114. The molecule has 0 N–H and O–H groups in total. The molecule has 2 aromatic heterocycles. The van der Waals surface area contributed by atoms with Crippen molar-refractivity contribution in [3.63, 3.8) is 0 Å². The molecular formula is C11H11BrN2O3S. The average molecular weight is 331 g/mol. The van der Waals surface area contributed by atoms with E-state index in [2.05, 4.69) is 20.9 Å². The van der Waals surface area contributed by atoms with Crippen molar-refractivity contribution >= 4 is 43.5 Å². The monoisotopic (exact) mass is 330 g/mol. The smallest absolute Gasteiger partial charge is 0.326 e. The molecule has 0 bridgehead atoms. The number of aryl methyl sites for hydroxylation is 1. The molecule has 2 aromatic rings. The third kappa shape index (κ3) is 2.32. The van der Waals surface area contributed by atoms with Crippen LogP contribution in [0.2, 0.25) is 0 Å². The number of carbonyl (C=O) groups is 1. The van der Waals surface area contributed by atoms with Crippen LogP contribution in [0.25, 0.3) is 10.2 Å². The molecule has 0 radical (unpaired) electrons. The van der Waals surface area contributed by atoms with Gasteiger partial charge in [0.15, 0.2) is 0 Å². The van der Waals surface area contributed by atoms with Crippen LogP contribution >= 0.6 is 27.3 Å². The summed E-state index contributed by atoms with van der Waals surface area (Å²) < 4.78 is 6.82.